The molecule has 8 heteroatoms. The van der Waals surface area contributed by atoms with Crippen LogP contribution in [0.2, 0.25) is 5.02 Å². The Bertz CT molecular complexity index is 1400. The number of ether oxygens (including phenoxy) is 1. The molecule has 5 nitrogen and oxygen atoms in total. The van der Waals surface area contributed by atoms with Gasteiger partial charge in [-0.25, -0.2) is 4.99 Å². The van der Waals surface area contributed by atoms with E-state index in [2.05, 4.69) is 0 Å². The van der Waals surface area contributed by atoms with Gasteiger partial charge in [-0.3, -0.25) is 9.69 Å². The Labute approximate surface area is 222 Å². The number of hydrogen-bond donors (Lipinski definition) is 0. The van der Waals surface area contributed by atoms with E-state index in [9.17, 15) is 4.79 Å². The smallest absolute Gasteiger partial charge is 0.267 e. The highest BCUT2D eigenvalue weighted by molar-refractivity contribution is 8.18. The molecule has 1 aliphatic rings. The number of aliphatic imine (C=N–C) groups is 1. The number of hydrogen-bond acceptors (Lipinski definition) is 6. The molecule has 180 valence electrons. The minimum Gasteiger partial charge on any atom is -0.497 e. The monoisotopic (exact) mass is 532 g/mol. The normalized spacial score (nSPS) is 15.7. The Morgan fingerprint density at radius 2 is 1.69 bits per heavy atom. The van der Waals surface area contributed by atoms with Crippen LogP contribution in [0.5, 0.6) is 5.75 Å². The first kappa shape index (κ1) is 24.3. The molecule has 1 aromatic heterocycles. The number of carbonyl (C=O) groups is 1. The quantitative estimate of drug-likeness (QED) is 0.226. The minimum absolute atomic E-state index is 0.108. The highest BCUT2D eigenvalue weighted by atomic mass is 35.5. The van der Waals surface area contributed by atoms with E-state index in [1.54, 1.807) is 30.0 Å². The van der Waals surface area contributed by atoms with Gasteiger partial charge in [-0.1, -0.05) is 35.5 Å². The van der Waals surface area contributed by atoms with Crippen LogP contribution in [0, 0.1) is 0 Å². The van der Waals surface area contributed by atoms with Crippen molar-refractivity contribution in [2.24, 2.45) is 4.99 Å². The van der Waals surface area contributed by atoms with E-state index in [0.717, 1.165) is 31.8 Å². The first-order valence-corrected chi connectivity index (χ1v) is 13.1. The summed E-state index contributed by atoms with van der Waals surface area (Å²) in [4.78, 5) is 22.6. The first-order chi connectivity index (χ1) is 17.6. The Hall–Kier alpha value is -3.39. The number of methoxy groups -OCH3 is 1. The van der Waals surface area contributed by atoms with Crippen molar-refractivity contribution in [3.8, 4) is 5.75 Å². The number of furan rings is 1. The molecule has 0 N–H and O–H groups in total. The average Bonchev–Trinajstić information content (AvgIpc) is 3.51. The maximum absolute atomic E-state index is 13.4. The molecule has 0 saturated carbocycles. The lowest BCUT2D eigenvalue weighted by Gasteiger charge is -2.13. The maximum Gasteiger partial charge on any atom is 0.267 e. The average molecular weight is 533 g/mol. The van der Waals surface area contributed by atoms with Gasteiger partial charge in [-0.2, -0.15) is 0 Å². The van der Waals surface area contributed by atoms with Gasteiger partial charge in [-0.15, -0.1) is 0 Å². The van der Waals surface area contributed by atoms with Gasteiger partial charge in [0, 0.05) is 14.8 Å². The van der Waals surface area contributed by atoms with E-state index in [0.29, 0.717) is 22.4 Å². The molecule has 0 aliphatic carbocycles. The molecule has 36 heavy (non-hydrogen) atoms. The molecule has 0 unspecified atom stereocenters. The summed E-state index contributed by atoms with van der Waals surface area (Å²) >= 11 is 8.99. The highest BCUT2D eigenvalue weighted by Crippen LogP contribution is 2.36. The summed E-state index contributed by atoms with van der Waals surface area (Å²) in [6.07, 6.45) is 3.50. The first-order valence-electron chi connectivity index (χ1n) is 11.1. The van der Waals surface area contributed by atoms with Crippen molar-refractivity contribution in [2.45, 2.75) is 16.3 Å². The topological polar surface area (TPSA) is 55.0 Å². The van der Waals surface area contributed by atoms with Crippen LogP contribution in [-0.2, 0) is 11.3 Å². The molecule has 0 atom stereocenters. The number of rotatable bonds is 7. The molecule has 3 aromatic carbocycles. The Morgan fingerprint density at radius 3 is 2.33 bits per heavy atom. The van der Waals surface area contributed by atoms with Gasteiger partial charge in [0.2, 0.25) is 0 Å². The zero-order valence-electron chi connectivity index (χ0n) is 19.3. The summed E-state index contributed by atoms with van der Waals surface area (Å²) in [7, 11) is 1.62. The summed E-state index contributed by atoms with van der Waals surface area (Å²) in [5, 5.41) is 1.32. The van der Waals surface area contributed by atoms with Gasteiger partial charge >= 0.3 is 0 Å². The predicted octanol–water partition coefficient (Wildman–Crippen LogP) is 7.90. The molecule has 0 spiro atoms. The largest absolute Gasteiger partial charge is 0.497 e. The van der Waals surface area contributed by atoms with Crippen molar-refractivity contribution in [1.82, 2.24) is 4.90 Å². The fourth-order valence-electron chi connectivity index (χ4n) is 3.48. The summed E-state index contributed by atoms with van der Waals surface area (Å²) in [6.45, 7) is 0.307. The molecule has 1 fully saturated rings. The van der Waals surface area contributed by atoms with Crippen LogP contribution >= 0.6 is 35.1 Å². The number of amides is 1. The Kier molecular flexibility index (Phi) is 7.51. The number of amidine groups is 1. The van der Waals surface area contributed by atoms with Gasteiger partial charge in [0.15, 0.2) is 5.17 Å². The lowest BCUT2D eigenvalue weighted by molar-refractivity contribution is -0.122. The van der Waals surface area contributed by atoms with E-state index in [-0.39, 0.29) is 5.91 Å². The zero-order valence-corrected chi connectivity index (χ0v) is 21.6. The number of carbonyl (C=O) groups excluding carboxylic acids is 1. The number of thioether (sulfide) groups is 1. The van der Waals surface area contributed by atoms with Crippen LogP contribution < -0.4 is 4.74 Å². The van der Waals surface area contributed by atoms with E-state index in [1.165, 1.54) is 11.8 Å². The van der Waals surface area contributed by atoms with Crippen molar-refractivity contribution in [3.63, 3.8) is 0 Å². The van der Waals surface area contributed by atoms with E-state index < -0.39 is 0 Å². The fourth-order valence-corrected chi connectivity index (χ4v) is 5.42. The molecule has 1 amide bonds. The molecule has 1 aliphatic heterocycles. The van der Waals surface area contributed by atoms with Gasteiger partial charge in [0.05, 0.1) is 30.5 Å². The second-order valence-electron chi connectivity index (χ2n) is 7.80. The third-order valence-corrected chi connectivity index (χ3v) is 7.58. The summed E-state index contributed by atoms with van der Waals surface area (Å²) < 4.78 is 10.7. The third-order valence-electron chi connectivity index (χ3n) is 5.31. The molecule has 4 aromatic rings. The SMILES string of the molecule is COc1ccc(N=C2S/C(=C\c3ccc(Sc4ccc(Cl)cc4)cc3)C(=O)N2Cc2ccco2)cc1. The minimum atomic E-state index is -0.108. The van der Waals surface area contributed by atoms with Crippen LogP contribution in [-0.4, -0.2) is 23.1 Å². The van der Waals surface area contributed by atoms with Crippen molar-refractivity contribution in [1.29, 1.82) is 0 Å². The highest BCUT2D eigenvalue weighted by Gasteiger charge is 2.34. The summed E-state index contributed by atoms with van der Waals surface area (Å²) in [5.74, 6) is 1.33. The van der Waals surface area contributed by atoms with Crippen molar-refractivity contribution >= 4 is 58.0 Å². The standard InChI is InChI=1S/C28H21ClN2O3S2/c1-33-22-10-8-21(9-11-22)30-28-31(18-23-3-2-16-34-23)27(32)26(36-28)17-19-4-12-24(13-5-19)35-25-14-6-20(29)7-15-25/h2-17H,18H2,1H3/b26-17-,30-28?. The van der Waals surface area contributed by atoms with Crippen molar-refractivity contribution in [3.05, 3.63) is 112 Å². The van der Waals surface area contributed by atoms with Crippen LogP contribution in [0.3, 0.4) is 0 Å². The van der Waals surface area contributed by atoms with E-state index in [1.807, 2.05) is 91.0 Å². The zero-order chi connectivity index (χ0) is 24.9. The van der Waals surface area contributed by atoms with Gasteiger partial charge in [0.25, 0.3) is 5.91 Å². The second kappa shape index (κ2) is 11.1. The molecule has 1 saturated heterocycles. The molecule has 5 rings (SSSR count). The van der Waals surface area contributed by atoms with Crippen molar-refractivity contribution < 1.29 is 13.9 Å². The van der Waals surface area contributed by atoms with E-state index >= 15 is 0 Å². The molecular formula is C28H21ClN2O3S2. The van der Waals surface area contributed by atoms with Crippen LogP contribution in [0.25, 0.3) is 6.08 Å². The molecule has 0 bridgehead atoms. The van der Waals surface area contributed by atoms with Crippen LogP contribution in [0.4, 0.5) is 5.69 Å². The van der Waals surface area contributed by atoms with Gasteiger partial charge < -0.3 is 9.15 Å². The van der Waals surface area contributed by atoms with Gasteiger partial charge in [0.1, 0.15) is 11.5 Å². The summed E-state index contributed by atoms with van der Waals surface area (Å²) in [5.41, 5.74) is 1.68. The Morgan fingerprint density at radius 1 is 1.00 bits per heavy atom. The lowest BCUT2D eigenvalue weighted by Crippen LogP contribution is -2.28. The van der Waals surface area contributed by atoms with Crippen LogP contribution in [0.1, 0.15) is 11.3 Å². The predicted molar refractivity (Wildman–Crippen MR) is 147 cm³/mol. The number of nitrogens with zero attached hydrogens (tertiary/aromatic N) is 2. The van der Waals surface area contributed by atoms with Crippen molar-refractivity contribution in [2.75, 3.05) is 7.11 Å². The lowest BCUT2D eigenvalue weighted by atomic mass is 10.2. The number of benzene rings is 3. The fraction of sp³-hybridized carbons (Fsp3) is 0.0714. The second-order valence-corrected chi connectivity index (χ2v) is 10.4. The molecule has 0 radical (unpaired) electrons. The Balaban J connectivity index is 1.38. The molecular weight excluding hydrogens is 512 g/mol. The van der Waals surface area contributed by atoms with Crippen LogP contribution in [0.15, 0.2) is 115 Å². The van der Waals surface area contributed by atoms with Gasteiger partial charge in [-0.05, 0) is 96.2 Å². The third kappa shape index (κ3) is 5.87. The van der Waals surface area contributed by atoms with E-state index in [4.69, 9.17) is 25.7 Å². The molecule has 2 heterocycles. The number of halogens is 1. The summed E-state index contributed by atoms with van der Waals surface area (Å²) in [6, 6.07) is 26.9. The maximum atomic E-state index is 13.4.